The van der Waals surface area contributed by atoms with Crippen molar-refractivity contribution in [3.63, 3.8) is 0 Å². The summed E-state index contributed by atoms with van der Waals surface area (Å²) in [6.45, 7) is 1.87. The zero-order chi connectivity index (χ0) is 11.3. The minimum atomic E-state index is -1.39. The van der Waals surface area contributed by atoms with Gasteiger partial charge >= 0.3 is 5.97 Å². The smallest absolute Gasteiger partial charge is 0.328 e. The van der Waals surface area contributed by atoms with Gasteiger partial charge in [-0.1, -0.05) is 43.7 Å². The van der Waals surface area contributed by atoms with E-state index in [-0.39, 0.29) is 0 Å². The van der Waals surface area contributed by atoms with E-state index in [4.69, 9.17) is 5.26 Å². The summed E-state index contributed by atoms with van der Waals surface area (Å²) in [6.07, 6.45) is 0.998. The molecule has 1 aromatic rings. The van der Waals surface area contributed by atoms with Crippen LogP contribution in [-0.4, -0.2) is 11.1 Å². The van der Waals surface area contributed by atoms with Crippen molar-refractivity contribution in [2.75, 3.05) is 0 Å². The van der Waals surface area contributed by atoms with Crippen molar-refractivity contribution in [2.24, 2.45) is 0 Å². The van der Waals surface area contributed by atoms with E-state index in [0.29, 0.717) is 18.4 Å². The minimum Gasteiger partial charge on any atom is -0.480 e. The highest BCUT2D eigenvalue weighted by molar-refractivity contribution is 5.85. The third-order valence-electron chi connectivity index (χ3n) is 2.45. The first-order valence-electron chi connectivity index (χ1n) is 4.87. The quantitative estimate of drug-likeness (QED) is 0.816. The maximum atomic E-state index is 11.2. The minimum absolute atomic E-state index is 0.336. The lowest BCUT2D eigenvalue weighted by Gasteiger charge is -2.21. The summed E-state index contributed by atoms with van der Waals surface area (Å²) < 4.78 is 0. The maximum Gasteiger partial charge on any atom is 0.328 e. The number of aliphatic carboxylic acids is 1. The van der Waals surface area contributed by atoms with Crippen LogP contribution in [0.5, 0.6) is 0 Å². The highest BCUT2D eigenvalue weighted by Gasteiger charge is 2.39. The molecular formula is C12H13NO2. The van der Waals surface area contributed by atoms with E-state index < -0.39 is 11.4 Å². The summed E-state index contributed by atoms with van der Waals surface area (Å²) in [5.41, 5.74) is -0.836. The first-order valence-corrected chi connectivity index (χ1v) is 4.87. The molecule has 1 aromatic carbocycles. The number of nitriles is 1. The fourth-order valence-electron chi connectivity index (χ4n) is 1.64. The second-order valence-corrected chi connectivity index (χ2v) is 3.44. The van der Waals surface area contributed by atoms with Crippen molar-refractivity contribution in [3.05, 3.63) is 35.9 Å². The van der Waals surface area contributed by atoms with E-state index in [1.807, 2.05) is 13.0 Å². The van der Waals surface area contributed by atoms with Crippen LogP contribution >= 0.6 is 0 Å². The van der Waals surface area contributed by atoms with E-state index in [2.05, 4.69) is 0 Å². The molecule has 15 heavy (non-hydrogen) atoms. The zero-order valence-corrected chi connectivity index (χ0v) is 8.60. The number of carboxylic acids is 1. The highest BCUT2D eigenvalue weighted by Crippen LogP contribution is 2.29. The van der Waals surface area contributed by atoms with Gasteiger partial charge in [0.05, 0.1) is 6.07 Å². The van der Waals surface area contributed by atoms with Crippen LogP contribution in [0.1, 0.15) is 25.3 Å². The summed E-state index contributed by atoms with van der Waals surface area (Å²) in [6, 6.07) is 10.6. The van der Waals surface area contributed by atoms with E-state index in [1.165, 1.54) is 0 Å². The fourth-order valence-corrected chi connectivity index (χ4v) is 1.64. The van der Waals surface area contributed by atoms with Crippen LogP contribution in [0, 0.1) is 11.3 Å². The number of carbonyl (C=O) groups is 1. The van der Waals surface area contributed by atoms with Crippen LogP contribution in [0.25, 0.3) is 0 Å². The van der Waals surface area contributed by atoms with Crippen LogP contribution in [0.4, 0.5) is 0 Å². The molecule has 0 aliphatic heterocycles. The average molecular weight is 203 g/mol. The fraction of sp³-hybridized carbons (Fsp3) is 0.333. The van der Waals surface area contributed by atoms with E-state index in [9.17, 15) is 9.90 Å². The summed E-state index contributed by atoms with van der Waals surface area (Å²) in [5, 5.41) is 18.3. The lowest BCUT2D eigenvalue weighted by Crippen LogP contribution is -2.34. The molecule has 0 saturated heterocycles. The van der Waals surface area contributed by atoms with Crippen molar-refractivity contribution in [1.29, 1.82) is 5.26 Å². The van der Waals surface area contributed by atoms with Crippen molar-refractivity contribution in [3.8, 4) is 6.07 Å². The van der Waals surface area contributed by atoms with Gasteiger partial charge in [-0.3, -0.25) is 4.79 Å². The van der Waals surface area contributed by atoms with Gasteiger partial charge in [0.25, 0.3) is 0 Å². The standard InChI is InChI=1S/C12H13NO2/c1-2-8-12(9-13,11(14)15)10-6-4-3-5-7-10/h3-7H,2,8H2,1H3,(H,14,15)/t12-/m0/s1. The molecule has 3 nitrogen and oxygen atoms in total. The molecule has 3 heteroatoms. The molecule has 0 aliphatic rings. The molecule has 0 unspecified atom stereocenters. The van der Waals surface area contributed by atoms with E-state index in [1.54, 1.807) is 30.3 Å². The molecule has 1 rings (SSSR count). The molecule has 0 saturated carbocycles. The van der Waals surface area contributed by atoms with Gasteiger partial charge in [0.15, 0.2) is 5.41 Å². The van der Waals surface area contributed by atoms with Gasteiger partial charge in [0, 0.05) is 0 Å². The van der Waals surface area contributed by atoms with E-state index >= 15 is 0 Å². The van der Waals surface area contributed by atoms with Crippen molar-refractivity contribution in [2.45, 2.75) is 25.2 Å². The average Bonchev–Trinajstić information content (AvgIpc) is 2.26. The molecule has 1 atom stereocenters. The summed E-state index contributed by atoms with van der Waals surface area (Å²) in [7, 11) is 0. The Kier molecular flexibility index (Phi) is 3.46. The molecule has 0 aliphatic carbocycles. The van der Waals surface area contributed by atoms with Crippen molar-refractivity contribution >= 4 is 5.97 Å². The Bertz CT molecular complexity index is 380. The normalized spacial score (nSPS) is 13.9. The number of hydrogen-bond acceptors (Lipinski definition) is 2. The molecular weight excluding hydrogens is 190 g/mol. The molecule has 0 aromatic heterocycles. The molecule has 0 fully saturated rings. The van der Waals surface area contributed by atoms with Crippen molar-refractivity contribution < 1.29 is 9.90 Å². The Morgan fingerprint density at radius 3 is 2.47 bits per heavy atom. The lowest BCUT2D eigenvalue weighted by molar-refractivity contribution is -0.141. The number of rotatable bonds is 4. The van der Waals surface area contributed by atoms with Crippen LogP contribution in [0.3, 0.4) is 0 Å². The van der Waals surface area contributed by atoms with Gasteiger partial charge in [0.1, 0.15) is 0 Å². The van der Waals surface area contributed by atoms with E-state index in [0.717, 1.165) is 0 Å². The SMILES string of the molecule is CCC[C@@](C#N)(C(=O)O)c1ccccc1. The number of benzene rings is 1. The van der Waals surface area contributed by atoms with Gasteiger partial charge in [-0.15, -0.1) is 0 Å². The molecule has 0 amide bonds. The van der Waals surface area contributed by atoms with Crippen LogP contribution in [0.15, 0.2) is 30.3 Å². The van der Waals surface area contributed by atoms with Crippen LogP contribution in [0.2, 0.25) is 0 Å². The Morgan fingerprint density at radius 2 is 2.07 bits per heavy atom. The maximum absolute atomic E-state index is 11.2. The molecule has 0 bridgehead atoms. The zero-order valence-electron chi connectivity index (χ0n) is 8.60. The number of nitrogens with zero attached hydrogens (tertiary/aromatic N) is 1. The largest absolute Gasteiger partial charge is 0.480 e. The molecule has 0 spiro atoms. The monoisotopic (exact) mass is 203 g/mol. The van der Waals surface area contributed by atoms with Gasteiger partial charge in [-0.2, -0.15) is 5.26 Å². The molecule has 78 valence electrons. The Balaban J connectivity index is 3.23. The Hall–Kier alpha value is -1.82. The second-order valence-electron chi connectivity index (χ2n) is 3.44. The summed E-state index contributed by atoms with van der Waals surface area (Å²) in [4.78, 5) is 11.2. The van der Waals surface area contributed by atoms with Crippen molar-refractivity contribution in [1.82, 2.24) is 0 Å². The molecule has 0 heterocycles. The Morgan fingerprint density at radius 1 is 1.47 bits per heavy atom. The number of hydrogen-bond donors (Lipinski definition) is 1. The highest BCUT2D eigenvalue weighted by atomic mass is 16.4. The van der Waals surface area contributed by atoms with Gasteiger partial charge in [-0.25, -0.2) is 0 Å². The number of carboxylic acid groups (broad SMARTS) is 1. The summed E-state index contributed by atoms with van der Waals surface area (Å²) >= 11 is 0. The first-order chi connectivity index (χ1) is 7.17. The first kappa shape index (κ1) is 11.3. The summed E-state index contributed by atoms with van der Waals surface area (Å²) in [5.74, 6) is -1.07. The predicted octanol–water partition coefficient (Wildman–Crippen LogP) is 2.33. The predicted molar refractivity (Wildman–Crippen MR) is 56.3 cm³/mol. The third-order valence-corrected chi connectivity index (χ3v) is 2.45. The lowest BCUT2D eigenvalue weighted by atomic mass is 9.78. The molecule has 1 N–H and O–H groups in total. The molecule has 0 radical (unpaired) electrons. The van der Waals surface area contributed by atoms with Crippen LogP contribution < -0.4 is 0 Å². The van der Waals surface area contributed by atoms with Gasteiger partial charge in [0.2, 0.25) is 0 Å². The topological polar surface area (TPSA) is 61.1 Å². The van der Waals surface area contributed by atoms with Gasteiger partial charge in [-0.05, 0) is 12.0 Å². The Labute approximate surface area is 89.0 Å². The second kappa shape index (κ2) is 4.61. The van der Waals surface area contributed by atoms with Crippen LogP contribution in [-0.2, 0) is 10.2 Å². The van der Waals surface area contributed by atoms with Gasteiger partial charge < -0.3 is 5.11 Å². The third kappa shape index (κ3) is 1.99.